The molecule has 140 valence electrons. The van der Waals surface area contributed by atoms with Gasteiger partial charge in [-0.25, -0.2) is 0 Å². The van der Waals surface area contributed by atoms with E-state index in [2.05, 4.69) is 42.5 Å². The summed E-state index contributed by atoms with van der Waals surface area (Å²) in [5.41, 5.74) is 13.1. The van der Waals surface area contributed by atoms with Gasteiger partial charge in [-0.1, -0.05) is 54.6 Å². The minimum atomic E-state index is -0.0585. The highest BCUT2D eigenvalue weighted by atomic mass is 16.3. The molecule has 0 amide bonds. The van der Waals surface area contributed by atoms with Gasteiger partial charge in [-0.05, 0) is 42.3 Å². The molecule has 1 unspecified atom stereocenters. The van der Waals surface area contributed by atoms with Crippen LogP contribution >= 0.6 is 0 Å². The van der Waals surface area contributed by atoms with Crippen molar-refractivity contribution in [2.45, 2.75) is 13.0 Å². The summed E-state index contributed by atoms with van der Waals surface area (Å²) in [5.74, 6) is 0. The van der Waals surface area contributed by atoms with E-state index in [0.717, 1.165) is 60.6 Å². The van der Waals surface area contributed by atoms with E-state index in [0.29, 0.717) is 0 Å². The summed E-state index contributed by atoms with van der Waals surface area (Å²) in [6, 6.07) is 26.8. The van der Waals surface area contributed by atoms with Crippen LogP contribution in [0.15, 0.2) is 87.7 Å². The topological polar surface area (TPSA) is 52.3 Å². The van der Waals surface area contributed by atoms with Gasteiger partial charge in [-0.2, -0.15) is 0 Å². The van der Waals surface area contributed by atoms with Crippen molar-refractivity contribution in [1.29, 1.82) is 0 Å². The normalized spacial score (nSPS) is 13.0. The summed E-state index contributed by atoms with van der Waals surface area (Å²) < 4.78 is 12.3. The fraction of sp³-hybridized carbons (Fsp3) is 0.0769. The molecule has 2 N–H and O–H groups in total. The summed E-state index contributed by atoms with van der Waals surface area (Å²) >= 11 is 0. The van der Waals surface area contributed by atoms with E-state index in [9.17, 15) is 0 Å². The second-order valence-corrected chi connectivity index (χ2v) is 7.60. The third-order valence-corrected chi connectivity index (χ3v) is 5.73. The van der Waals surface area contributed by atoms with Crippen molar-refractivity contribution in [3.05, 3.63) is 84.4 Å². The standard InChI is InChI=1S/C26H19NO2/c1-15(27)17-7-5-11-24-25(17)20-9-4-8-18(26(20)29-24)16-12-13-23-21(14-16)19-6-2-3-10-22(19)28-23/h2-15H,27H2,1H3. The van der Waals surface area contributed by atoms with Crippen molar-refractivity contribution in [1.82, 2.24) is 0 Å². The Hall–Kier alpha value is -3.56. The van der Waals surface area contributed by atoms with Gasteiger partial charge >= 0.3 is 0 Å². The van der Waals surface area contributed by atoms with Gasteiger partial charge in [0.2, 0.25) is 0 Å². The number of para-hydroxylation sites is 2. The van der Waals surface area contributed by atoms with E-state index < -0.39 is 0 Å². The summed E-state index contributed by atoms with van der Waals surface area (Å²) in [6.07, 6.45) is 0. The van der Waals surface area contributed by atoms with Crippen molar-refractivity contribution in [2.24, 2.45) is 5.73 Å². The van der Waals surface area contributed by atoms with Gasteiger partial charge in [0.15, 0.2) is 0 Å². The lowest BCUT2D eigenvalue weighted by Crippen LogP contribution is -2.04. The number of rotatable bonds is 2. The van der Waals surface area contributed by atoms with Gasteiger partial charge in [0.05, 0.1) is 0 Å². The Labute approximate surface area is 167 Å². The fourth-order valence-corrected chi connectivity index (χ4v) is 4.38. The number of hydrogen-bond donors (Lipinski definition) is 1. The molecule has 3 heteroatoms. The molecule has 0 saturated heterocycles. The fourth-order valence-electron chi connectivity index (χ4n) is 4.38. The Balaban J connectivity index is 1.66. The van der Waals surface area contributed by atoms with Gasteiger partial charge in [0.1, 0.15) is 22.3 Å². The van der Waals surface area contributed by atoms with E-state index in [1.807, 2.05) is 43.3 Å². The molecule has 0 spiro atoms. The predicted octanol–water partition coefficient (Wildman–Crippen LogP) is 7.17. The Kier molecular flexibility index (Phi) is 3.37. The Morgan fingerprint density at radius 2 is 1.45 bits per heavy atom. The molecular weight excluding hydrogens is 358 g/mol. The van der Waals surface area contributed by atoms with E-state index in [1.54, 1.807) is 0 Å². The predicted molar refractivity (Wildman–Crippen MR) is 119 cm³/mol. The number of benzene rings is 4. The highest BCUT2D eigenvalue weighted by Crippen LogP contribution is 2.40. The van der Waals surface area contributed by atoms with Crippen LogP contribution in [0.4, 0.5) is 0 Å². The number of nitrogens with two attached hydrogens (primary N) is 1. The maximum Gasteiger partial charge on any atom is 0.143 e. The van der Waals surface area contributed by atoms with E-state index in [1.165, 1.54) is 0 Å². The highest BCUT2D eigenvalue weighted by molar-refractivity contribution is 6.12. The van der Waals surface area contributed by atoms with Crippen molar-refractivity contribution >= 4 is 43.9 Å². The van der Waals surface area contributed by atoms with Crippen molar-refractivity contribution in [3.8, 4) is 11.1 Å². The molecule has 0 radical (unpaired) electrons. The van der Waals surface area contributed by atoms with Gasteiger partial charge in [0, 0.05) is 33.2 Å². The number of fused-ring (bicyclic) bond motifs is 6. The van der Waals surface area contributed by atoms with Crippen LogP contribution in [0.2, 0.25) is 0 Å². The van der Waals surface area contributed by atoms with Crippen LogP contribution in [0.25, 0.3) is 55.0 Å². The number of hydrogen-bond acceptors (Lipinski definition) is 3. The highest BCUT2D eigenvalue weighted by Gasteiger charge is 2.17. The van der Waals surface area contributed by atoms with Gasteiger partial charge < -0.3 is 14.6 Å². The van der Waals surface area contributed by atoms with Crippen LogP contribution in [0.5, 0.6) is 0 Å². The number of furan rings is 2. The third-order valence-electron chi connectivity index (χ3n) is 5.73. The molecule has 0 aliphatic rings. The van der Waals surface area contributed by atoms with Crippen molar-refractivity contribution in [3.63, 3.8) is 0 Å². The zero-order chi connectivity index (χ0) is 19.5. The SMILES string of the molecule is CC(N)c1cccc2oc3c(-c4ccc5oc6ccccc6c5c4)cccc3c12. The summed E-state index contributed by atoms with van der Waals surface area (Å²) in [5, 5.41) is 4.44. The monoisotopic (exact) mass is 377 g/mol. The second kappa shape index (κ2) is 5.97. The van der Waals surface area contributed by atoms with Gasteiger partial charge in [-0.15, -0.1) is 0 Å². The molecule has 3 nitrogen and oxygen atoms in total. The molecule has 2 heterocycles. The zero-order valence-corrected chi connectivity index (χ0v) is 16.0. The first kappa shape index (κ1) is 16.4. The molecule has 0 fully saturated rings. The lowest BCUT2D eigenvalue weighted by molar-refractivity contribution is 0.668. The maximum absolute atomic E-state index is 6.33. The average molecular weight is 377 g/mol. The molecule has 0 aliphatic carbocycles. The maximum atomic E-state index is 6.33. The van der Waals surface area contributed by atoms with E-state index >= 15 is 0 Å². The minimum absolute atomic E-state index is 0.0585. The van der Waals surface area contributed by atoms with Crippen LogP contribution in [-0.2, 0) is 0 Å². The molecular formula is C26H19NO2. The molecule has 0 bridgehead atoms. The summed E-state index contributed by atoms with van der Waals surface area (Å²) in [6.45, 7) is 2.01. The lowest BCUT2D eigenvalue weighted by Gasteiger charge is -2.07. The first-order chi connectivity index (χ1) is 14.2. The average Bonchev–Trinajstić information content (AvgIpc) is 3.31. The molecule has 0 saturated carbocycles. The van der Waals surface area contributed by atoms with Crippen LogP contribution < -0.4 is 5.73 Å². The zero-order valence-electron chi connectivity index (χ0n) is 16.0. The molecule has 2 aromatic heterocycles. The summed E-state index contributed by atoms with van der Waals surface area (Å²) in [7, 11) is 0. The van der Waals surface area contributed by atoms with E-state index in [4.69, 9.17) is 14.6 Å². The molecule has 4 aromatic carbocycles. The smallest absolute Gasteiger partial charge is 0.143 e. The van der Waals surface area contributed by atoms with Crippen LogP contribution in [0, 0.1) is 0 Å². The Bertz CT molecular complexity index is 1530. The summed E-state index contributed by atoms with van der Waals surface area (Å²) in [4.78, 5) is 0. The second-order valence-electron chi connectivity index (χ2n) is 7.60. The first-order valence-electron chi connectivity index (χ1n) is 9.82. The van der Waals surface area contributed by atoms with E-state index in [-0.39, 0.29) is 6.04 Å². The van der Waals surface area contributed by atoms with Crippen molar-refractivity contribution in [2.75, 3.05) is 0 Å². The quantitative estimate of drug-likeness (QED) is 0.348. The molecule has 1 atom stereocenters. The molecule has 6 rings (SSSR count). The largest absolute Gasteiger partial charge is 0.456 e. The Morgan fingerprint density at radius 1 is 0.690 bits per heavy atom. The van der Waals surface area contributed by atoms with Crippen LogP contribution in [0.3, 0.4) is 0 Å². The van der Waals surface area contributed by atoms with Gasteiger partial charge in [0.25, 0.3) is 0 Å². The lowest BCUT2D eigenvalue weighted by atomic mass is 9.98. The Morgan fingerprint density at radius 3 is 2.34 bits per heavy atom. The van der Waals surface area contributed by atoms with Crippen LogP contribution in [0.1, 0.15) is 18.5 Å². The molecule has 29 heavy (non-hydrogen) atoms. The third kappa shape index (κ3) is 2.35. The first-order valence-corrected chi connectivity index (χ1v) is 9.82. The van der Waals surface area contributed by atoms with Crippen molar-refractivity contribution < 1.29 is 8.83 Å². The van der Waals surface area contributed by atoms with Crippen LogP contribution in [-0.4, -0.2) is 0 Å². The molecule has 0 aliphatic heterocycles. The minimum Gasteiger partial charge on any atom is -0.456 e. The molecule has 6 aromatic rings. The van der Waals surface area contributed by atoms with Gasteiger partial charge in [-0.3, -0.25) is 0 Å².